The highest BCUT2D eigenvalue weighted by Gasteiger charge is 2.24. The van der Waals surface area contributed by atoms with Crippen molar-refractivity contribution in [3.8, 4) is 5.75 Å². The fourth-order valence-corrected chi connectivity index (χ4v) is 2.51. The number of unbranched alkanes of at least 4 members (excludes halogenated alkanes) is 3. The molecule has 0 radical (unpaired) electrons. The molecule has 17 heavy (non-hydrogen) atoms. The highest BCUT2D eigenvalue weighted by atomic mass is 16.5. The molecule has 0 amide bonds. The molecule has 0 aliphatic carbocycles. The Bertz CT molecular complexity index is 351. The number of para-hydroxylation sites is 1. The van der Waals surface area contributed by atoms with Gasteiger partial charge in [-0.25, -0.2) is 0 Å². The van der Waals surface area contributed by atoms with E-state index in [0.29, 0.717) is 6.10 Å². The van der Waals surface area contributed by atoms with Crippen molar-refractivity contribution in [3.05, 3.63) is 29.8 Å². The van der Waals surface area contributed by atoms with Crippen LogP contribution in [0.1, 0.15) is 57.1 Å². The molecule has 0 saturated carbocycles. The van der Waals surface area contributed by atoms with Gasteiger partial charge in [0.1, 0.15) is 11.9 Å². The fourth-order valence-electron chi connectivity index (χ4n) is 2.51. The molecule has 0 fully saturated rings. The van der Waals surface area contributed by atoms with Crippen molar-refractivity contribution in [1.82, 2.24) is 0 Å². The maximum absolute atomic E-state index is 6.19. The Kier molecular flexibility index (Phi) is 4.43. The smallest absolute Gasteiger partial charge is 0.124 e. The van der Waals surface area contributed by atoms with Crippen LogP contribution in [0.2, 0.25) is 0 Å². The summed E-state index contributed by atoms with van der Waals surface area (Å²) in [5, 5.41) is 0. The molecule has 0 saturated heterocycles. The van der Waals surface area contributed by atoms with Crippen LogP contribution in [-0.4, -0.2) is 6.10 Å². The van der Waals surface area contributed by atoms with Gasteiger partial charge in [0.05, 0.1) is 0 Å². The van der Waals surface area contributed by atoms with Gasteiger partial charge in [0, 0.05) is 18.0 Å². The largest absolute Gasteiger partial charge is 0.490 e. The van der Waals surface area contributed by atoms with Crippen LogP contribution < -0.4 is 10.5 Å². The van der Waals surface area contributed by atoms with Gasteiger partial charge in [-0.3, -0.25) is 0 Å². The highest BCUT2D eigenvalue weighted by Crippen LogP contribution is 2.34. The van der Waals surface area contributed by atoms with E-state index in [-0.39, 0.29) is 6.04 Å². The molecule has 1 aliphatic rings. The van der Waals surface area contributed by atoms with Gasteiger partial charge in [-0.05, 0) is 18.9 Å². The first-order chi connectivity index (χ1) is 8.31. The molecule has 0 bridgehead atoms. The Balaban J connectivity index is 1.88. The molecule has 1 aromatic carbocycles. The van der Waals surface area contributed by atoms with Gasteiger partial charge in [0.2, 0.25) is 0 Å². The lowest BCUT2D eigenvalue weighted by Crippen LogP contribution is -2.29. The first-order valence-electron chi connectivity index (χ1n) is 6.82. The second-order valence-corrected chi connectivity index (χ2v) is 4.97. The minimum atomic E-state index is 0.149. The Morgan fingerprint density at radius 2 is 2.06 bits per heavy atom. The van der Waals surface area contributed by atoms with Gasteiger partial charge >= 0.3 is 0 Å². The fraction of sp³-hybridized carbons (Fsp3) is 0.600. The molecule has 2 atom stereocenters. The number of hydrogen-bond acceptors (Lipinski definition) is 2. The molecule has 0 spiro atoms. The van der Waals surface area contributed by atoms with Crippen molar-refractivity contribution >= 4 is 0 Å². The minimum absolute atomic E-state index is 0.149. The van der Waals surface area contributed by atoms with Crippen LogP contribution in [0.25, 0.3) is 0 Å². The first kappa shape index (κ1) is 12.4. The zero-order chi connectivity index (χ0) is 12.1. The molecule has 1 heterocycles. The Hall–Kier alpha value is -1.02. The van der Waals surface area contributed by atoms with E-state index in [2.05, 4.69) is 13.0 Å². The number of benzene rings is 1. The van der Waals surface area contributed by atoms with Crippen molar-refractivity contribution in [2.45, 2.75) is 57.6 Å². The van der Waals surface area contributed by atoms with Crippen LogP contribution in [0.3, 0.4) is 0 Å². The van der Waals surface area contributed by atoms with E-state index in [0.717, 1.165) is 24.2 Å². The molecule has 1 aromatic rings. The van der Waals surface area contributed by atoms with E-state index in [1.807, 2.05) is 18.2 Å². The maximum Gasteiger partial charge on any atom is 0.124 e. The van der Waals surface area contributed by atoms with Crippen LogP contribution in [0.4, 0.5) is 0 Å². The molecule has 1 aliphatic heterocycles. The summed E-state index contributed by atoms with van der Waals surface area (Å²) >= 11 is 0. The van der Waals surface area contributed by atoms with Crippen LogP contribution in [0.5, 0.6) is 5.75 Å². The molecule has 2 heteroatoms. The van der Waals surface area contributed by atoms with Crippen molar-refractivity contribution in [3.63, 3.8) is 0 Å². The third kappa shape index (κ3) is 3.22. The second kappa shape index (κ2) is 6.06. The average molecular weight is 233 g/mol. The van der Waals surface area contributed by atoms with Crippen LogP contribution in [0.15, 0.2) is 24.3 Å². The van der Waals surface area contributed by atoms with Gasteiger partial charge < -0.3 is 10.5 Å². The van der Waals surface area contributed by atoms with Crippen LogP contribution in [-0.2, 0) is 0 Å². The van der Waals surface area contributed by atoms with Gasteiger partial charge in [0.25, 0.3) is 0 Å². The first-order valence-corrected chi connectivity index (χ1v) is 6.82. The number of hydrogen-bond donors (Lipinski definition) is 1. The van der Waals surface area contributed by atoms with Crippen molar-refractivity contribution < 1.29 is 4.74 Å². The SMILES string of the molecule is CCCCCCC1C[C@@H](N)c2ccccc2O1. The lowest BCUT2D eigenvalue weighted by Gasteiger charge is -2.30. The molecule has 2 rings (SSSR count). The Labute approximate surface area is 104 Å². The third-order valence-corrected chi connectivity index (χ3v) is 3.51. The van der Waals surface area contributed by atoms with Crippen LogP contribution >= 0.6 is 0 Å². The molecule has 2 nitrogen and oxygen atoms in total. The highest BCUT2D eigenvalue weighted by molar-refractivity contribution is 5.37. The molecule has 0 aromatic heterocycles. The molecule has 2 N–H and O–H groups in total. The summed E-state index contributed by atoms with van der Waals surface area (Å²) in [5.74, 6) is 0.992. The lowest BCUT2D eigenvalue weighted by atomic mass is 9.94. The predicted octanol–water partition coefficient (Wildman–Crippen LogP) is 3.81. The number of ether oxygens (including phenoxy) is 1. The van der Waals surface area contributed by atoms with Crippen molar-refractivity contribution in [2.75, 3.05) is 0 Å². The van der Waals surface area contributed by atoms with E-state index in [4.69, 9.17) is 10.5 Å². The zero-order valence-electron chi connectivity index (χ0n) is 10.7. The van der Waals surface area contributed by atoms with E-state index >= 15 is 0 Å². The van der Waals surface area contributed by atoms with Crippen molar-refractivity contribution in [1.29, 1.82) is 0 Å². The van der Waals surface area contributed by atoms with Crippen LogP contribution in [0, 0.1) is 0 Å². The van der Waals surface area contributed by atoms with Gasteiger partial charge in [-0.1, -0.05) is 44.4 Å². The summed E-state index contributed by atoms with van der Waals surface area (Å²) < 4.78 is 6.00. The van der Waals surface area contributed by atoms with E-state index < -0.39 is 0 Å². The quantitative estimate of drug-likeness (QED) is 0.785. The standard InChI is InChI=1S/C15H23NO/c1-2-3-4-5-8-12-11-14(16)13-9-6-7-10-15(13)17-12/h6-7,9-10,12,14H,2-5,8,11,16H2,1H3/t12?,14-/m1/s1. The number of rotatable bonds is 5. The summed E-state index contributed by atoms with van der Waals surface area (Å²) in [6.07, 6.45) is 7.60. The average Bonchev–Trinajstić information content (AvgIpc) is 2.35. The summed E-state index contributed by atoms with van der Waals surface area (Å²) in [5.41, 5.74) is 7.35. The summed E-state index contributed by atoms with van der Waals surface area (Å²) in [6, 6.07) is 8.31. The lowest BCUT2D eigenvalue weighted by molar-refractivity contribution is 0.146. The normalized spacial score (nSPS) is 22.9. The van der Waals surface area contributed by atoms with Gasteiger partial charge in [-0.2, -0.15) is 0 Å². The summed E-state index contributed by atoms with van der Waals surface area (Å²) in [7, 11) is 0. The summed E-state index contributed by atoms with van der Waals surface area (Å²) in [4.78, 5) is 0. The molecular formula is C15H23NO. The Morgan fingerprint density at radius 3 is 2.88 bits per heavy atom. The minimum Gasteiger partial charge on any atom is -0.490 e. The maximum atomic E-state index is 6.19. The van der Waals surface area contributed by atoms with E-state index in [9.17, 15) is 0 Å². The predicted molar refractivity (Wildman–Crippen MR) is 71.2 cm³/mol. The van der Waals surface area contributed by atoms with E-state index in [1.165, 1.54) is 25.7 Å². The second-order valence-electron chi connectivity index (χ2n) is 4.97. The van der Waals surface area contributed by atoms with Crippen molar-refractivity contribution in [2.24, 2.45) is 5.73 Å². The summed E-state index contributed by atoms with van der Waals surface area (Å²) in [6.45, 7) is 2.24. The Morgan fingerprint density at radius 1 is 1.24 bits per heavy atom. The van der Waals surface area contributed by atoms with E-state index in [1.54, 1.807) is 0 Å². The molecule has 94 valence electrons. The van der Waals surface area contributed by atoms with Gasteiger partial charge in [0.15, 0.2) is 0 Å². The zero-order valence-corrected chi connectivity index (χ0v) is 10.7. The monoisotopic (exact) mass is 233 g/mol. The van der Waals surface area contributed by atoms with Gasteiger partial charge in [-0.15, -0.1) is 0 Å². The number of nitrogens with two attached hydrogens (primary N) is 1. The third-order valence-electron chi connectivity index (χ3n) is 3.51. The number of fused-ring (bicyclic) bond motifs is 1. The molecule has 1 unspecified atom stereocenters. The topological polar surface area (TPSA) is 35.2 Å². The molecular weight excluding hydrogens is 210 g/mol.